The highest BCUT2D eigenvalue weighted by atomic mass is 16.5. The van der Waals surface area contributed by atoms with Crippen LogP contribution in [0.1, 0.15) is 17.9 Å². The minimum Gasteiger partial charge on any atom is -0.464 e. The summed E-state index contributed by atoms with van der Waals surface area (Å²) in [6, 6.07) is 1.73. The number of likely N-dealkylation sites (N-methyl/N-ethyl adjacent to an activating group) is 1. The second-order valence-electron chi connectivity index (χ2n) is 3.82. The first kappa shape index (κ1) is 10.2. The fourth-order valence-electron chi connectivity index (χ4n) is 1.74. The number of rotatable bonds is 3. The smallest absolute Gasteiger partial charge is 0.323 e. The lowest BCUT2D eigenvalue weighted by Crippen LogP contribution is -2.34. The van der Waals surface area contributed by atoms with Crippen molar-refractivity contribution in [3.63, 3.8) is 0 Å². The lowest BCUT2D eigenvalue weighted by molar-refractivity contribution is -0.142. The molecule has 1 aromatic rings. The monoisotopic (exact) mass is 210 g/mol. The predicted octanol–water partition coefficient (Wildman–Crippen LogP) is 0.730. The van der Waals surface area contributed by atoms with E-state index in [-0.39, 0.29) is 12.0 Å². The first-order chi connectivity index (χ1) is 7.16. The van der Waals surface area contributed by atoms with Gasteiger partial charge in [0.2, 0.25) is 0 Å². The molecular formula is C10H14N2O3. The second-order valence-corrected chi connectivity index (χ2v) is 3.82. The van der Waals surface area contributed by atoms with Gasteiger partial charge in [-0.25, -0.2) is 0 Å². The number of hydrogen-bond acceptors (Lipinski definition) is 5. The Labute approximate surface area is 88.0 Å². The van der Waals surface area contributed by atoms with Crippen molar-refractivity contribution in [1.82, 2.24) is 10.1 Å². The van der Waals surface area contributed by atoms with Crippen LogP contribution in [0.3, 0.4) is 0 Å². The van der Waals surface area contributed by atoms with E-state index in [1.54, 1.807) is 0 Å². The summed E-state index contributed by atoms with van der Waals surface area (Å²) in [5, 5.41) is 3.88. The molecule has 0 aliphatic carbocycles. The van der Waals surface area contributed by atoms with Crippen molar-refractivity contribution in [2.24, 2.45) is 0 Å². The Morgan fingerprint density at radius 3 is 3.00 bits per heavy atom. The van der Waals surface area contributed by atoms with Crippen LogP contribution in [0.25, 0.3) is 0 Å². The Kier molecular flexibility index (Phi) is 2.73. The first-order valence-corrected chi connectivity index (χ1v) is 4.96. The molecule has 0 radical (unpaired) electrons. The number of carbonyl (C=O) groups excluding carboxylic acids is 1. The molecular weight excluding hydrogens is 196 g/mol. The Morgan fingerprint density at radius 1 is 1.67 bits per heavy atom. The lowest BCUT2D eigenvalue weighted by Gasteiger charge is -2.18. The van der Waals surface area contributed by atoms with Gasteiger partial charge < -0.3 is 9.26 Å². The summed E-state index contributed by atoms with van der Waals surface area (Å²) in [5.41, 5.74) is 0.842. The summed E-state index contributed by atoms with van der Waals surface area (Å²) in [6.45, 7) is 2.98. The Morgan fingerprint density at radius 2 is 2.47 bits per heavy atom. The van der Waals surface area contributed by atoms with Crippen LogP contribution in [-0.4, -0.2) is 35.7 Å². The Hall–Kier alpha value is -1.36. The maximum absolute atomic E-state index is 11.3. The van der Waals surface area contributed by atoms with E-state index in [1.807, 2.05) is 24.9 Å². The van der Waals surface area contributed by atoms with E-state index in [2.05, 4.69) is 5.16 Å². The molecule has 1 aromatic heterocycles. The fraction of sp³-hybridized carbons (Fsp3) is 0.600. The van der Waals surface area contributed by atoms with E-state index in [0.717, 1.165) is 17.9 Å². The predicted molar refractivity (Wildman–Crippen MR) is 52.1 cm³/mol. The minimum absolute atomic E-state index is 0.137. The van der Waals surface area contributed by atoms with Gasteiger partial charge in [-0.1, -0.05) is 5.16 Å². The van der Waals surface area contributed by atoms with Gasteiger partial charge in [0.25, 0.3) is 0 Å². The van der Waals surface area contributed by atoms with Gasteiger partial charge in [0.1, 0.15) is 11.8 Å². The van der Waals surface area contributed by atoms with Crippen LogP contribution in [0.15, 0.2) is 10.6 Å². The largest absolute Gasteiger partial charge is 0.464 e. The molecule has 1 saturated heterocycles. The SMILES string of the molecule is Cc1cc(CN(C)C2CCOC2=O)no1. The average Bonchev–Trinajstić information content (AvgIpc) is 2.75. The molecule has 1 aliphatic heterocycles. The summed E-state index contributed by atoms with van der Waals surface area (Å²) in [6.07, 6.45) is 0.756. The van der Waals surface area contributed by atoms with Gasteiger partial charge in [-0.2, -0.15) is 0 Å². The van der Waals surface area contributed by atoms with Crippen LogP contribution >= 0.6 is 0 Å². The molecule has 1 atom stereocenters. The van der Waals surface area contributed by atoms with E-state index in [0.29, 0.717) is 13.2 Å². The maximum atomic E-state index is 11.3. The molecule has 2 heterocycles. The van der Waals surface area contributed by atoms with Crippen LogP contribution in [0, 0.1) is 6.92 Å². The van der Waals surface area contributed by atoms with Gasteiger partial charge in [-0.15, -0.1) is 0 Å². The van der Waals surface area contributed by atoms with Gasteiger partial charge in [-0.05, 0) is 14.0 Å². The van der Waals surface area contributed by atoms with Crippen molar-refractivity contribution < 1.29 is 14.1 Å². The van der Waals surface area contributed by atoms with Crippen molar-refractivity contribution >= 4 is 5.97 Å². The molecule has 5 nitrogen and oxygen atoms in total. The number of cyclic esters (lactones) is 1. The molecule has 0 saturated carbocycles. The van der Waals surface area contributed by atoms with E-state index in [9.17, 15) is 4.79 Å². The normalized spacial score (nSPS) is 21.0. The molecule has 0 N–H and O–H groups in total. The molecule has 0 aromatic carbocycles. The van der Waals surface area contributed by atoms with Gasteiger partial charge >= 0.3 is 5.97 Å². The molecule has 0 amide bonds. The summed E-state index contributed by atoms with van der Waals surface area (Å²) in [7, 11) is 1.89. The zero-order valence-electron chi connectivity index (χ0n) is 8.90. The Bertz CT molecular complexity index is 361. The zero-order valence-corrected chi connectivity index (χ0v) is 8.90. The van der Waals surface area contributed by atoms with Gasteiger partial charge in [0.05, 0.1) is 12.3 Å². The van der Waals surface area contributed by atoms with Crippen molar-refractivity contribution in [2.75, 3.05) is 13.7 Å². The minimum atomic E-state index is -0.141. The average molecular weight is 210 g/mol. The highest BCUT2D eigenvalue weighted by molar-refractivity contribution is 5.77. The number of hydrogen-bond donors (Lipinski definition) is 0. The topological polar surface area (TPSA) is 55.6 Å². The molecule has 0 bridgehead atoms. The molecule has 1 unspecified atom stereocenters. The number of esters is 1. The second kappa shape index (κ2) is 4.02. The van der Waals surface area contributed by atoms with Gasteiger partial charge in [0.15, 0.2) is 0 Å². The fourth-order valence-corrected chi connectivity index (χ4v) is 1.74. The Balaban J connectivity index is 1.97. The number of carbonyl (C=O) groups is 1. The third-order valence-corrected chi connectivity index (χ3v) is 2.53. The number of aryl methyl sites for hydroxylation is 1. The number of nitrogens with zero attached hydrogens (tertiary/aromatic N) is 2. The molecule has 2 rings (SSSR count). The highest BCUT2D eigenvalue weighted by Gasteiger charge is 2.30. The molecule has 0 spiro atoms. The molecule has 82 valence electrons. The van der Waals surface area contributed by atoms with Crippen LogP contribution in [0.5, 0.6) is 0 Å². The summed E-state index contributed by atoms with van der Waals surface area (Å²) in [5.74, 6) is 0.644. The van der Waals surface area contributed by atoms with Crippen molar-refractivity contribution in [1.29, 1.82) is 0 Å². The highest BCUT2D eigenvalue weighted by Crippen LogP contribution is 2.15. The summed E-state index contributed by atoms with van der Waals surface area (Å²) in [4.78, 5) is 13.2. The van der Waals surface area contributed by atoms with Crippen molar-refractivity contribution in [3.8, 4) is 0 Å². The standard InChI is InChI=1S/C10H14N2O3/c1-7-5-8(11-15-7)6-12(2)9-3-4-14-10(9)13/h5,9H,3-4,6H2,1-2H3. The quantitative estimate of drug-likeness (QED) is 0.688. The maximum Gasteiger partial charge on any atom is 0.323 e. The third kappa shape index (κ3) is 2.18. The summed E-state index contributed by atoms with van der Waals surface area (Å²) < 4.78 is 9.87. The van der Waals surface area contributed by atoms with Crippen LogP contribution in [-0.2, 0) is 16.1 Å². The number of ether oxygens (including phenoxy) is 1. The van der Waals surface area contributed by atoms with E-state index < -0.39 is 0 Å². The first-order valence-electron chi connectivity index (χ1n) is 4.96. The van der Waals surface area contributed by atoms with Crippen molar-refractivity contribution in [3.05, 3.63) is 17.5 Å². The van der Waals surface area contributed by atoms with E-state index >= 15 is 0 Å². The number of aromatic nitrogens is 1. The zero-order chi connectivity index (χ0) is 10.8. The third-order valence-electron chi connectivity index (χ3n) is 2.53. The van der Waals surface area contributed by atoms with Gasteiger partial charge in [-0.3, -0.25) is 9.69 Å². The van der Waals surface area contributed by atoms with E-state index in [1.165, 1.54) is 0 Å². The van der Waals surface area contributed by atoms with Crippen LogP contribution < -0.4 is 0 Å². The van der Waals surface area contributed by atoms with Crippen LogP contribution in [0.4, 0.5) is 0 Å². The molecule has 5 heteroatoms. The molecule has 1 aliphatic rings. The van der Waals surface area contributed by atoms with E-state index in [4.69, 9.17) is 9.26 Å². The molecule has 1 fully saturated rings. The molecule has 15 heavy (non-hydrogen) atoms. The van der Waals surface area contributed by atoms with Gasteiger partial charge in [0, 0.05) is 19.0 Å². The van der Waals surface area contributed by atoms with Crippen molar-refractivity contribution in [2.45, 2.75) is 25.9 Å². The summed E-state index contributed by atoms with van der Waals surface area (Å²) >= 11 is 0. The lowest BCUT2D eigenvalue weighted by atomic mass is 10.2. The van der Waals surface area contributed by atoms with Crippen LogP contribution in [0.2, 0.25) is 0 Å².